The van der Waals surface area contributed by atoms with E-state index in [-0.39, 0.29) is 28.8 Å². The van der Waals surface area contributed by atoms with Crippen LogP contribution >= 0.6 is 0 Å². The molecule has 0 spiro atoms. The average molecular weight is 431 g/mol. The molecular weight excluding hydrogens is 414 g/mol. The molecule has 0 saturated carbocycles. The highest BCUT2D eigenvalue weighted by Crippen LogP contribution is 2.33. The Hall–Kier alpha value is -3.56. The van der Waals surface area contributed by atoms with E-state index < -0.39 is 18.4 Å². The lowest BCUT2D eigenvalue weighted by Crippen LogP contribution is -2.48. The molecule has 31 heavy (non-hydrogen) atoms. The maximum Gasteiger partial charge on any atom is 0.416 e. The van der Waals surface area contributed by atoms with Gasteiger partial charge >= 0.3 is 6.18 Å². The van der Waals surface area contributed by atoms with Crippen LogP contribution in [0.2, 0.25) is 0 Å². The summed E-state index contributed by atoms with van der Waals surface area (Å²) in [6.07, 6.45) is 1.05. The highest BCUT2D eigenvalue weighted by Gasteiger charge is 2.32. The van der Waals surface area contributed by atoms with Crippen molar-refractivity contribution in [1.29, 1.82) is 0 Å². The molecule has 3 heterocycles. The standard InChI is InChI=1S/C21H17F4N5O/c22-10-14-7-15(9-17(8-14)21(23,24)25)20-27-13-30(28-20)6-4-19(31)29-11-16(12-29)18-3-1-2-5-26-18/h1-9,13,16H,10-12H2/b6-4-. The lowest BCUT2D eigenvalue weighted by molar-refractivity contribution is -0.137. The summed E-state index contributed by atoms with van der Waals surface area (Å²) in [5.41, 5.74) is -0.112. The van der Waals surface area contributed by atoms with Crippen LogP contribution in [0, 0.1) is 0 Å². The molecule has 10 heteroatoms. The number of halogens is 4. The monoisotopic (exact) mass is 431 g/mol. The predicted molar refractivity (Wildman–Crippen MR) is 104 cm³/mol. The van der Waals surface area contributed by atoms with Crippen molar-refractivity contribution < 1.29 is 22.4 Å². The van der Waals surface area contributed by atoms with E-state index in [1.54, 1.807) is 11.1 Å². The Balaban J connectivity index is 1.43. The number of hydrogen-bond donors (Lipinski definition) is 0. The zero-order valence-corrected chi connectivity index (χ0v) is 16.1. The van der Waals surface area contributed by atoms with Gasteiger partial charge in [0.15, 0.2) is 5.82 Å². The summed E-state index contributed by atoms with van der Waals surface area (Å²) in [6, 6.07) is 8.53. The molecule has 6 nitrogen and oxygen atoms in total. The van der Waals surface area contributed by atoms with E-state index in [1.807, 2.05) is 18.2 Å². The van der Waals surface area contributed by atoms with Crippen molar-refractivity contribution >= 4 is 12.1 Å². The van der Waals surface area contributed by atoms with E-state index >= 15 is 0 Å². The summed E-state index contributed by atoms with van der Waals surface area (Å²) in [6.45, 7) is 0.0689. The summed E-state index contributed by atoms with van der Waals surface area (Å²) in [5.74, 6) is -0.0257. The zero-order chi connectivity index (χ0) is 22.0. The molecule has 4 rings (SSSR count). The summed E-state index contributed by atoms with van der Waals surface area (Å²) < 4.78 is 53.3. The molecule has 1 amide bonds. The fourth-order valence-corrected chi connectivity index (χ4v) is 3.25. The molecule has 1 aliphatic rings. The van der Waals surface area contributed by atoms with E-state index in [0.717, 1.165) is 17.8 Å². The van der Waals surface area contributed by atoms with Crippen molar-refractivity contribution in [2.24, 2.45) is 0 Å². The van der Waals surface area contributed by atoms with Crippen LogP contribution in [0.1, 0.15) is 22.7 Å². The predicted octanol–water partition coefficient (Wildman–Crippen LogP) is 3.93. The molecule has 160 valence electrons. The van der Waals surface area contributed by atoms with E-state index in [9.17, 15) is 22.4 Å². The third kappa shape index (κ3) is 4.62. The Bertz CT molecular complexity index is 1100. The highest BCUT2D eigenvalue weighted by molar-refractivity contribution is 5.90. The van der Waals surface area contributed by atoms with Crippen LogP contribution in [0.4, 0.5) is 17.6 Å². The van der Waals surface area contributed by atoms with Gasteiger partial charge in [-0.3, -0.25) is 9.78 Å². The smallest absolute Gasteiger partial charge is 0.338 e. The summed E-state index contributed by atoms with van der Waals surface area (Å²) >= 11 is 0. The van der Waals surface area contributed by atoms with Gasteiger partial charge in [-0.05, 0) is 35.9 Å². The number of hydrogen-bond acceptors (Lipinski definition) is 4. The maximum absolute atomic E-state index is 13.0. The van der Waals surface area contributed by atoms with Gasteiger partial charge in [-0.1, -0.05) is 6.07 Å². The van der Waals surface area contributed by atoms with Gasteiger partial charge in [0.25, 0.3) is 0 Å². The van der Waals surface area contributed by atoms with Crippen LogP contribution in [-0.2, 0) is 17.6 Å². The first-order chi connectivity index (χ1) is 14.8. The Morgan fingerprint density at radius 1 is 1.16 bits per heavy atom. The zero-order valence-electron chi connectivity index (χ0n) is 16.1. The minimum absolute atomic E-state index is 0.00272. The SMILES string of the molecule is O=C(/C=C\n1cnc(-c2cc(CF)cc(C(F)(F)F)c2)n1)N1CC(c2ccccn2)C1. The number of likely N-dealkylation sites (tertiary alicyclic amines) is 1. The number of nitrogens with zero attached hydrogens (tertiary/aromatic N) is 5. The molecule has 1 aromatic carbocycles. The van der Waals surface area contributed by atoms with Crippen LogP contribution in [0.15, 0.2) is 55.0 Å². The summed E-state index contributed by atoms with van der Waals surface area (Å²) in [4.78, 5) is 22.2. The fourth-order valence-electron chi connectivity index (χ4n) is 3.25. The van der Waals surface area contributed by atoms with E-state index in [4.69, 9.17) is 0 Å². The maximum atomic E-state index is 13.0. The third-order valence-electron chi connectivity index (χ3n) is 4.91. The van der Waals surface area contributed by atoms with Gasteiger partial charge in [-0.15, -0.1) is 5.10 Å². The minimum atomic E-state index is -4.61. The number of carbonyl (C=O) groups is 1. The van der Waals surface area contributed by atoms with Crippen molar-refractivity contribution in [1.82, 2.24) is 24.6 Å². The van der Waals surface area contributed by atoms with Crippen LogP contribution in [0.5, 0.6) is 0 Å². The second-order valence-corrected chi connectivity index (χ2v) is 7.11. The van der Waals surface area contributed by atoms with Gasteiger partial charge in [0, 0.05) is 48.7 Å². The van der Waals surface area contributed by atoms with Crippen LogP contribution in [0.25, 0.3) is 17.6 Å². The quantitative estimate of drug-likeness (QED) is 0.454. The summed E-state index contributed by atoms with van der Waals surface area (Å²) in [7, 11) is 0. The van der Waals surface area contributed by atoms with Crippen LogP contribution in [0.3, 0.4) is 0 Å². The van der Waals surface area contributed by atoms with Gasteiger partial charge < -0.3 is 4.90 Å². The Kier molecular flexibility index (Phi) is 5.53. The van der Waals surface area contributed by atoms with Crippen molar-refractivity contribution in [2.75, 3.05) is 13.1 Å². The third-order valence-corrected chi connectivity index (χ3v) is 4.91. The Morgan fingerprint density at radius 3 is 2.65 bits per heavy atom. The molecule has 0 atom stereocenters. The average Bonchev–Trinajstić information content (AvgIpc) is 3.20. The lowest BCUT2D eigenvalue weighted by atomic mass is 9.96. The number of aromatic nitrogens is 4. The highest BCUT2D eigenvalue weighted by atomic mass is 19.4. The van der Waals surface area contributed by atoms with E-state index in [0.29, 0.717) is 13.1 Å². The lowest BCUT2D eigenvalue weighted by Gasteiger charge is -2.38. The Labute approximate surface area is 174 Å². The molecule has 0 unspecified atom stereocenters. The van der Waals surface area contributed by atoms with Gasteiger partial charge in [-0.25, -0.2) is 14.1 Å². The molecule has 0 aliphatic carbocycles. The molecule has 1 fully saturated rings. The molecule has 3 aromatic rings. The molecule has 0 N–H and O–H groups in total. The van der Waals surface area contributed by atoms with Crippen molar-refractivity contribution in [3.05, 3.63) is 71.8 Å². The number of carbonyl (C=O) groups excluding carboxylic acids is 1. The minimum Gasteiger partial charge on any atom is -0.338 e. The number of amides is 1. The number of benzene rings is 1. The fraction of sp³-hybridized carbons (Fsp3) is 0.238. The number of pyridine rings is 1. The number of rotatable bonds is 5. The second-order valence-electron chi connectivity index (χ2n) is 7.11. The largest absolute Gasteiger partial charge is 0.416 e. The molecule has 2 aromatic heterocycles. The summed E-state index contributed by atoms with van der Waals surface area (Å²) in [5, 5.41) is 4.06. The number of alkyl halides is 4. The first-order valence-electron chi connectivity index (χ1n) is 9.40. The van der Waals surface area contributed by atoms with Crippen LogP contribution in [-0.4, -0.2) is 43.6 Å². The van der Waals surface area contributed by atoms with Crippen molar-refractivity contribution in [3.63, 3.8) is 0 Å². The second kappa shape index (κ2) is 8.29. The van der Waals surface area contributed by atoms with Crippen molar-refractivity contribution in [2.45, 2.75) is 18.8 Å². The molecule has 1 saturated heterocycles. The van der Waals surface area contributed by atoms with Crippen LogP contribution < -0.4 is 0 Å². The van der Waals surface area contributed by atoms with Gasteiger partial charge in [0.2, 0.25) is 5.91 Å². The topological polar surface area (TPSA) is 63.9 Å². The molecule has 1 aliphatic heterocycles. The van der Waals surface area contributed by atoms with Gasteiger partial charge in [-0.2, -0.15) is 13.2 Å². The Morgan fingerprint density at radius 2 is 1.97 bits per heavy atom. The van der Waals surface area contributed by atoms with E-state index in [2.05, 4.69) is 15.1 Å². The molecular formula is C21H17F4N5O. The molecule has 0 bridgehead atoms. The van der Waals surface area contributed by atoms with E-state index in [1.165, 1.54) is 29.4 Å². The van der Waals surface area contributed by atoms with Gasteiger partial charge in [0.05, 0.1) is 5.56 Å². The first kappa shape index (κ1) is 20.7. The normalized spacial score (nSPS) is 14.8. The van der Waals surface area contributed by atoms with Crippen molar-refractivity contribution in [3.8, 4) is 11.4 Å². The first-order valence-corrected chi connectivity index (χ1v) is 9.40. The molecule has 0 radical (unpaired) electrons. The van der Waals surface area contributed by atoms with Gasteiger partial charge in [0.1, 0.15) is 13.0 Å².